The number of benzene rings is 2. The van der Waals surface area contributed by atoms with E-state index in [0.29, 0.717) is 36.3 Å². The third kappa shape index (κ3) is 7.22. The van der Waals surface area contributed by atoms with Gasteiger partial charge in [0.15, 0.2) is 0 Å². The van der Waals surface area contributed by atoms with Gasteiger partial charge in [0.1, 0.15) is 11.5 Å². The van der Waals surface area contributed by atoms with Crippen LogP contribution in [0.5, 0.6) is 5.75 Å². The van der Waals surface area contributed by atoms with E-state index in [0.717, 1.165) is 22.2 Å². The van der Waals surface area contributed by atoms with Crippen LogP contribution in [0.2, 0.25) is 0 Å². The molecule has 1 N–H and O–H groups in total. The molecule has 0 fully saturated rings. The Labute approximate surface area is 210 Å². The number of amides is 1. The number of carbonyl (C=O) groups excluding carboxylic acids is 1. The number of carboxylic acid groups (broad SMARTS) is 1. The van der Waals surface area contributed by atoms with Crippen LogP contribution in [0.25, 0.3) is 11.3 Å². The number of carbonyl (C=O) groups is 2. The zero-order chi connectivity index (χ0) is 25.4. The van der Waals surface area contributed by atoms with Crippen LogP contribution in [0.1, 0.15) is 56.8 Å². The maximum atomic E-state index is 13.5. The van der Waals surface area contributed by atoms with Crippen molar-refractivity contribution in [1.82, 2.24) is 4.90 Å². The van der Waals surface area contributed by atoms with Crippen LogP contribution >= 0.6 is 15.9 Å². The first-order valence-corrected chi connectivity index (χ1v) is 12.1. The number of hydrogen-bond acceptors (Lipinski definition) is 4. The van der Waals surface area contributed by atoms with Crippen molar-refractivity contribution < 1.29 is 25.2 Å². The molecule has 0 saturated heterocycles. The minimum absolute atomic E-state index is 0.145. The summed E-state index contributed by atoms with van der Waals surface area (Å²) in [5.74, 6) is 0.220. The number of unbranched alkanes of at least 4 members (excludes halogenated alkanes) is 2. The molecular formula is C27H30BrNO5. The Morgan fingerprint density at radius 1 is 1.12 bits per heavy atom. The maximum Gasteiger partial charge on any atom is 0.303 e. The monoisotopic (exact) mass is 528 g/mol. The first-order valence-electron chi connectivity index (χ1n) is 11.9. The molecule has 0 bridgehead atoms. The SMILES string of the molecule is [2H]C(c1cc(Br)ccc1OCCCCCC(=O)O)N(C(=O)c1ccc(-c2ccco2)cc1)C(C)C. The van der Waals surface area contributed by atoms with Crippen molar-refractivity contribution in [3.8, 4) is 17.1 Å². The number of aliphatic carboxylic acids is 1. The highest BCUT2D eigenvalue weighted by Gasteiger charge is 2.21. The van der Waals surface area contributed by atoms with E-state index in [-0.39, 0.29) is 18.4 Å². The first-order chi connectivity index (χ1) is 16.8. The summed E-state index contributed by atoms with van der Waals surface area (Å²) in [6.45, 7) is 3.20. The zero-order valence-corrected chi connectivity index (χ0v) is 21.0. The average molecular weight is 529 g/mol. The summed E-state index contributed by atoms with van der Waals surface area (Å²) in [5, 5.41) is 8.76. The van der Waals surface area contributed by atoms with Crippen molar-refractivity contribution >= 4 is 27.8 Å². The van der Waals surface area contributed by atoms with Crippen molar-refractivity contribution in [2.45, 2.75) is 52.1 Å². The minimum atomic E-state index is -0.980. The fourth-order valence-electron chi connectivity index (χ4n) is 3.45. The van der Waals surface area contributed by atoms with E-state index in [2.05, 4.69) is 15.9 Å². The molecule has 1 aromatic heterocycles. The molecule has 3 rings (SSSR count). The Kier molecular flexibility index (Phi) is 8.79. The quantitative estimate of drug-likeness (QED) is 0.262. The molecule has 1 atom stereocenters. The minimum Gasteiger partial charge on any atom is -0.493 e. The predicted molar refractivity (Wildman–Crippen MR) is 135 cm³/mol. The summed E-state index contributed by atoms with van der Waals surface area (Å²) < 4.78 is 21.2. The van der Waals surface area contributed by atoms with Crippen molar-refractivity contribution in [3.63, 3.8) is 0 Å². The second-order valence-corrected chi connectivity index (χ2v) is 9.14. The third-order valence-corrected chi connectivity index (χ3v) is 5.76. The highest BCUT2D eigenvalue weighted by atomic mass is 79.9. The Morgan fingerprint density at radius 2 is 1.88 bits per heavy atom. The largest absolute Gasteiger partial charge is 0.493 e. The highest BCUT2D eigenvalue weighted by molar-refractivity contribution is 9.10. The van der Waals surface area contributed by atoms with Gasteiger partial charge < -0.3 is 19.2 Å². The fourth-order valence-corrected chi connectivity index (χ4v) is 3.83. The van der Waals surface area contributed by atoms with E-state index < -0.39 is 12.5 Å². The standard InChI is InChI=1S/C27H30BrNO5/c1-19(2)29(27(32)21-11-9-20(10-12-21)24-7-6-16-34-24)18-22-17-23(28)13-14-25(22)33-15-5-3-4-8-26(30)31/h6-7,9-14,16-17,19H,3-5,8,15,18H2,1-2H3,(H,30,31)/i18D. The molecule has 34 heavy (non-hydrogen) atoms. The van der Waals surface area contributed by atoms with Crippen LogP contribution in [0.3, 0.4) is 0 Å². The molecule has 2 aromatic carbocycles. The number of furan rings is 1. The molecule has 1 heterocycles. The normalized spacial score (nSPS) is 12.3. The summed E-state index contributed by atoms with van der Waals surface area (Å²) in [6, 6.07) is 16.0. The van der Waals surface area contributed by atoms with Crippen LogP contribution in [0.15, 0.2) is 69.8 Å². The first kappa shape index (κ1) is 24.1. The van der Waals surface area contributed by atoms with Crippen molar-refractivity contribution in [3.05, 3.63) is 76.5 Å². The van der Waals surface area contributed by atoms with Gasteiger partial charge in [-0.2, -0.15) is 0 Å². The summed E-state index contributed by atoms with van der Waals surface area (Å²) in [7, 11) is 0. The Hall–Kier alpha value is -3.06. The van der Waals surface area contributed by atoms with Gasteiger partial charge in [-0.3, -0.25) is 9.59 Å². The summed E-state index contributed by atoms with van der Waals surface area (Å²) in [4.78, 5) is 25.7. The Balaban J connectivity index is 1.75. The second kappa shape index (κ2) is 12.4. The lowest BCUT2D eigenvalue weighted by atomic mass is 10.1. The topological polar surface area (TPSA) is 80.0 Å². The van der Waals surface area contributed by atoms with E-state index in [9.17, 15) is 9.59 Å². The van der Waals surface area contributed by atoms with E-state index in [4.69, 9.17) is 15.6 Å². The van der Waals surface area contributed by atoms with Crippen molar-refractivity contribution in [2.75, 3.05) is 6.61 Å². The van der Waals surface area contributed by atoms with Gasteiger partial charge in [0.05, 0.1) is 14.2 Å². The number of nitrogens with zero attached hydrogens (tertiary/aromatic N) is 1. The number of hydrogen-bond donors (Lipinski definition) is 1. The summed E-state index contributed by atoms with van der Waals surface area (Å²) in [5.41, 5.74) is 1.94. The van der Waals surface area contributed by atoms with Gasteiger partial charge in [-0.15, -0.1) is 0 Å². The predicted octanol–water partition coefficient (Wildman–Crippen LogP) is 6.78. The van der Waals surface area contributed by atoms with Gasteiger partial charge in [-0.05, 0) is 75.6 Å². The second-order valence-electron chi connectivity index (χ2n) is 8.22. The lowest BCUT2D eigenvalue weighted by molar-refractivity contribution is -0.137. The van der Waals surface area contributed by atoms with Crippen LogP contribution in [0.4, 0.5) is 0 Å². The molecule has 1 amide bonds. The van der Waals surface area contributed by atoms with Crippen LogP contribution < -0.4 is 4.74 Å². The van der Waals surface area contributed by atoms with Crippen LogP contribution in [-0.2, 0) is 11.3 Å². The molecule has 0 aliphatic rings. The molecule has 180 valence electrons. The van der Waals surface area contributed by atoms with Gasteiger partial charge in [0.25, 0.3) is 5.91 Å². The maximum absolute atomic E-state index is 13.5. The lowest BCUT2D eigenvalue weighted by Gasteiger charge is -2.28. The third-order valence-electron chi connectivity index (χ3n) is 5.27. The van der Waals surface area contributed by atoms with Crippen molar-refractivity contribution in [1.29, 1.82) is 0 Å². The molecule has 1 unspecified atom stereocenters. The Bertz CT molecular complexity index is 1120. The average Bonchev–Trinajstić information content (AvgIpc) is 3.37. The summed E-state index contributed by atoms with van der Waals surface area (Å²) in [6.07, 6.45) is 3.80. The number of halogens is 1. The molecule has 0 radical (unpaired) electrons. The van der Waals surface area contributed by atoms with Gasteiger partial charge in [-0.25, -0.2) is 0 Å². The van der Waals surface area contributed by atoms with Crippen molar-refractivity contribution in [2.24, 2.45) is 0 Å². The van der Waals surface area contributed by atoms with E-state index >= 15 is 0 Å². The fraction of sp³-hybridized carbons (Fsp3) is 0.333. The molecule has 0 saturated carbocycles. The van der Waals surface area contributed by atoms with Crippen LogP contribution in [-0.4, -0.2) is 34.5 Å². The zero-order valence-electron chi connectivity index (χ0n) is 20.4. The number of ether oxygens (including phenoxy) is 1. The molecule has 3 aromatic rings. The smallest absolute Gasteiger partial charge is 0.303 e. The van der Waals surface area contributed by atoms with E-state index in [1.807, 2.05) is 44.2 Å². The molecule has 0 aliphatic heterocycles. The lowest BCUT2D eigenvalue weighted by Crippen LogP contribution is -2.36. The Morgan fingerprint density at radius 3 is 2.53 bits per heavy atom. The molecular weight excluding hydrogens is 498 g/mol. The van der Waals surface area contributed by atoms with Gasteiger partial charge >= 0.3 is 5.97 Å². The van der Waals surface area contributed by atoms with Crippen LogP contribution in [0, 0.1) is 0 Å². The number of rotatable bonds is 12. The molecule has 6 nitrogen and oxygen atoms in total. The molecule has 0 spiro atoms. The molecule has 0 aliphatic carbocycles. The summed E-state index contributed by atoms with van der Waals surface area (Å²) >= 11 is 3.47. The van der Waals surface area contributed by atoms with E-state index in [1.165, 1.54) is 4.90 Å². The number of carboxylic acids is 1. The van der Waals surface area contributed by atoms with Gasteiger partial charge in [0.2, 0.25) is 0 Å². The van der Waals surface area contributed by atoms with Gasteiger partial charge in [-0.1, -0.05) is 28.1 Å². The van der Waals surface area contributed by atoms with E-state index in [1.54, 1.807) is 30.5 Å². The molecule has 7 heteroatoms. The van der Waals surface area contributed by atoms with Gasteiger partial charge in [0, 0.05) is 40.1 Å². The highest BCUT2D eigenvalue weighted by Crippen LogP contribution is 2.27.